The van der Waals surface area contributed by atoms with Gasteiger partial charge in [0, 0.05) is 50.3 Å². The van der Waals surface area contributed by atoms with E-state index in [2.05, 4.69) is 28.4 Å². The third-order valence-electron chi connectivity index (χ3n) is 5.30. The summed E-state index contributed by atoms with van der Waals surface area (Å²) in [6.45, 7) is 6.94. The Kier molecular flexibility index (Phi) is 5.00. The van der Waals surface area contributed by atoms with Gasteiger partial charge in [0.15, 0.2) is 0 Å². The molecule has 2 aromatic heterocycles. The van der Waals surface area contributed by atoms with Crippen LogP contribution in [0.4, 0.5) is 0 Å². The summed E-state index contributed by atoms with van der Waals surface area (Å²) in [4.78, 5) is 19.6. The van der Waals surface area contributed by atoms with Crippen LogP contribution >= 0.6 is 0 Å². The van der Waals surface area contributed by atoms with Crippen molar-refractivity contribution < 1.29 is 4.79 Å². The van der Waals surface area contributed by atoms with Crippen molar-refractivity contribution in [3.05, 3.63) is 71.1 Å². The minimum Gasteiger partial charge on any atom is -0.336 e. The molecular weight excluding hydrogens is 352 g/mol. The molecule has 0 bridgehead atoms. The number of amides is 1. The van der Waals surface area contributed by atoms with Crippen molar-refractivity contribution in [2.45, 2.75) is 26.4 Å². The van der Waals surface area contributed by atoms with Gasteiger partial charge in [-0.15, -0.1) is 0 Å². The molecule has 1 aliphatic rings. The molecule has 1 saturated heterocycles. The topological polar surface area (TPSA) is 68.0 Å². The van der Waals surface area contributed by atoms with Gasteiger partial charge in [0.1, 0.15) is 11.9 Å². The van der Waals surface area contributed by atoms with E-state index in [1.165, 1.54) is 0 Å². The number of aromatic nitrogens is 4. The van der Waals surface area contributed by atoms with E-state index in [1.54, 1.807) is 6.20 Å². The number of nitrogens with one attached hydrogen (secondary N) is 1. The quantitative estimate of drug-likeness (QED) is 0.755. The summed E-state index contributed by atoms with van der Waals surface area (Å²) in [6.07, 6.45) is 3.70. The molecule has 1 unspecified atom stereocenters. The Morgan fingerprint density at radius 1 is 1.25 bits per heavy atom. The minimum absolute atomic E-state index is 0.0483. The average Bonchev–Trinajstić information content (AvgIpc) is 3.26. The van der Waals surface area contributed by atoms with Crippen LogP contribution in [-0.2, 0) is 13.6 Å². The van der Waals surface area contributed by atoms with Gasteiger partial charge in [0.25, 0.3) is 5.91 Å². The van der Waals surface area contributed by atoms with Crippen LogP contribution in [0.15, 0.2) is 42.7 Å². The summed E-state index contributed by atoms with van der Waals surface area (Å²) in [6, 6.07) is 9.88. The van der Waals surface area contributed by atoms with Crippen LogP contribution < -0.4 is 5.32 Å². The number of piperazine rings is 1. The van der Waals surface area contributed by atoms with Crippen molar-refractivity contribution in [3.63, 3.8) is 0 Å². The zero-order chi connectivity index (χ0) is 19.7. The molecule has 4 rings (SSSR count). The molecule has 1 atom stereocenters. The number of benzene rings is 1. The molecule has 28 heavy (non-hydrogen) atoms. The van der Waals surface area contributed by atoms with Gasteiger partial charge in [0.2, 0.25) is 0 Å². The summed E-state index contributed by atoms with van der Waals surface area (Å²) >= 11 is 0. The van der Waals surface area contributed by atoms with Crippen LogP contribution in [-0.4, -0.2) is 49.8 Å². The van der Waals surface area contributed by atoms with Gasteiger partial charge in [-0.25, -0.2) is 4.98 Å². The predicted molar refractivity (Wildman–Crippen MR) is 107 cm³/mol. The molecule has 3 heterocycles. The number of nitrogens with zero attached hydrogens (tertiary/aromatic N) is 5. The standard InChI is InChI=1S/C21H26N6O/c1-15-12-16(2)27(24-15)14-17-4-6-18(7-5-17)21(28)26-11-8-22-13-19(26)20-23-9-10-25(20)3/h4-7,9-10,12,19,22H,8,11,13-14H2,1-3H3. The zero-order valence-corrected chi connectivity index (χ0v) is 16.6. The van der Waals surface area contributed by atoms with Gasteiger partial charge in [0.05, 0.1) is 12.2 Å². The highest BCUT2D eigenvalue weighted by atomic mass is 16.2. The summed E-state index contributed by atoms with van der Waals surface area (Å²) in [5, 5.41) is 7.88. The lowest BCUT2D eigenvalue weighted by atomic mass is 10.1. The molecule has 7 nitrogen and oxygen atoms in total. The second kappa shape index (κ2) is 7.59. The number of hydrogen-bond acceptors (Lipinski definition) is 4. The molecule has 1 fully saturated rings. The number of carbonyl (C=O) groups excluding carboxylic acids is 1. The van der Waals surface area contributed by atoms with Gasteiger partial charge in [-0.05, 0) is 37.6 Å². The predicted octanol–water partition coefficient (Wildman–Crippen LogP) is 2.07. The van der Waals surface area contributed by atoms with Crippen molar-refractivity contribution in [3.8, 4) is 0 Å². The fourth-order valence-corrected chi connectivity index (χ4v) is 3.80. The average molecular weight is 378 g/mol. The van der Waals surface area contributed by atoms with Gasteiger partial charge in [-0.3, -0.25) is 9.48 Å². The number of rotatable bonds is 4. The van der Waals surface area contributed by atoms with Crippen molar-refractivity contribution in [2.75, 3.05) is 19.6 Å². The molecule has 1 amide bonds. The number of carbonyl (C=O) groups is 1. The first-order valence-corrected chi connectivity index (χ1v) is 9.62. The summed E-state index contributed by atoms with van der Waals surface area (Å²) in [5.74, 6) is 0.953. The van der Waals surface area contributed by atoms with E-state index in [0.717, 1.165) is 29.3 Å². The van der Waals surface area contributed by atoms with Gasteiger partial charge >= 0.3 is 0 Å². The highest BCUT2D eigenvalue weighted by Crippen LogP contribution is 2.23. The molecule has 1 aromatic carbocycles. The maximum atomic E-state index is 13.2. The molecule has 146 valence electrons. The molecule has 0 spiro atoms. The van der Waals surface area contributed by atoms with Crippen LogP contribution in [0.5, 0.6) is 0 Å². The Hall–Kier alpha value is -2.93. The fourth-order valence-electron chi connectivity index (χ4n) is 3.80. The number of aryl methyl sites for hydroxylation is 3. The Morgan fingerprint density at radius 2 is 2.04 bits per heavy atom. The van der Waals surface area contributed by atoms with E-state index in [0.29, 0.717) is 25.2 Å². The maximum absolute atomic E-state index is 13.2. The first-order chi connectivity index (χ1) is 13.5. The molecular formula is C21H26N6O. The van der Waals surface area contributed by atoms with E-state index in [1.807, 2.05) is 58.6 Å². The van der Waals surface area contributed by atoms with Gasteiger partial charge < -0.3 is 14.8 Å². The largest absolute Gasteiger partial charge is 0.336 e. The Labute approximate surface area is 165 Å². The lowest BCUT2D eigenvalue weighted by molar-refractivity contribution is 0.0621. The number of hydrogen-bond donors (Lipinski definition) is 1. The maximum Gasteiger partial charge on any atom is 0.254 e. The molecule has 7 heteroatoms. The van der Waals surface area contributed by atoms with Gasteiger partial charge in [-0.2, -0.15) is 5.10 Å². The first kappa shape index (κ1) is 18.4. The Morgan fingerprint density at radius 3 is 2.68 bits per heavy atom. The zero-order valence-electron chi connectivity index (χ0n) is 16.6. The van der Waals surface area contributed by atoms with Crippen LogP contribution in [0.1, 0.15) is 39.2 Å². The minimum atomic E-state index is -0.0596. The number of imidazole rings is 1. The monoisotopic (exact) mass is 378 g/mol. The van der Waals surface area contributed by atoms with Crippen LogP contribution in [0.25, 0.3) is 0 Å². The smallest absolute Gasteiger partial charge is 0.254 e. The molecule has 0 saturated carbocycles. The lowest BCUT2D eigenvalue weighted by Crippen LogP contribution is -2.49. The summed E-state index contributed by atoms with van der Waals surface area (Å²) < 4.78 is 3.97. The fraction of sp³-hybridized carbons (Fsp3) is 0.381. The second-order valence-electron chi connectivity index (χ2n) is 7.40. The normalized spacial score (nSPS) is 17.1. The lowest BCUT2D eigenvalue weighted by Gasteiger charge is -2.35. The van der Waals surface area contributed by atoms with E-state index in [9.17, 15) is 4.79 Å². The second-order valence-corrected chi connectivity index (χ2v) is 7.40. The summed E-state index contributed by atoms with van der Waals surface area (Å²) in [7, 11) is 1.97. The van der Waals surface area contributed by atoms with Crippen LogP contribution in [0.2, 0.25) is 0 Å². The van der Waals surface area contributed by atoms with Crippen molar-refractivity contribution >= 4 is 5.91 Å². The molecule has 3 aromatic rings. The highest BCUT2D eigenvalue weighted by Gasteiger charge is 2.30. The van der Waals surface area contributed by atoms with E-state index in [-0.39, 0.29) is 11.9 Å². The van der Waals surface area contributed by atoms with Crippen molar-refractivity contribution in [2.24, 2.45) is 7.05 Å². The molecule has 0 radical (unpaired) electrons. The third-order valence-corrected chi connectivity index (χ3v) is 5.30. The van der Waals surface area contributed by atoms with E-state index < -0.39 is 0 Å². The molecule has 1 N–H and O–H groups in total. The Bertz CT molecular complexity index is 971. The highest BCUT2D eigenvalue weighted by molar-refractivity contribution is 5.94. The van der Waals surface area contributed by atoms with Gasteiger partial charge in [-0.1, -0.05) is 12.1 Å². The van der Waals surface area contributed by atoms with Crippen LogP contribution in [0, 0.1) is 13.8 Å². The SMILES string of the molecule is Cc1cc(C)n(Cc2ccc(C(=O)N3CCNCC3c3nccn3C)cc2)n1. The van der Waals surface area contributed by atoms with Crippen molar-refractivity contribution in [1.82, 2.24) is 29.5 Å². The van der Waals surface area contributed by atoms with E-state index in [4.69, 9.17) is 0 Å². The van der Waals surface area contributed by atoms with Crippen LogP contribution in [0.3, 0.4) is 0 Å². The third kappa shape index (κ3) is 3.57. The first-order valence-electron chi connectivity index (χ1n) is 9.62. The molecule has 1 aliphatic heterocycles. The Balaban J connectivity index is 1.52. The van der Waals surface area contributed by atoms with E-state index >= 15 is 0 Å². The molecule has 0 aliphatic carbocycles. The van der Waals surface area contributed by atoms with Crippen molar-refractivity contribution in [1.29, 1.82) is 0 Å². The summed E-state index contributed by atoms with van der Waals surface area (Å²) in [5.41, 5.74) is 3.99.